The first-order valence-corrected chi connectivity index (χ1v) is 4.65. The maximum atomic E-state index is 10.4. The second-order valence-corrected chi connectivity index (χ2v) is 3.08. The van der Waals surface area contributed by atoms with Crippen LogP contribution in [-0.2, 0) is 32.7 Å². The van der Waals surface area contributed by atoms with Gasteiger partial charge in [-0.15, -0.1) is 12.1 Å². The Bertz CT molecular complexity index is 485. The van der Waals surface area contributed by atoms with Crippen molar-refractivity contribution in [1.82, 2.24) is 0 Å². The van der Waals surface area contributed by atoms with Crippen LogP contribution in [0.3, 0.4) is 0 Å². The van der Waals surface area contributed by atoms with Crippen molar-refractivity contribution in [3.8, 4) is 11.5 Å². The van der Waals surface area contributed by atoms with E-state index >= 15 is 0 Å². The smallest absolute Gasteiger partial charge is 0.162 e. The van der Waals surface area contributed by atoms with Crippen molar-refractivity contribution in [2.45, 2.75) is 0 Å². The Morgan fingerprint density at radius 2 is 1.76 bits per heavy atom. The molecule has 2 aromatic carbocycles. The van der Waals surface area contributed by atoms with Crippen LogP contribution >= 0.6 is 0 Å². The molecule has 0 heterocycles. The van der Waals surface area contributed by atoms with Gasteiger partial charge in [-0.25, -0.2) is 0 Å². The maximum Gasteiger partial charge on any atom is 0.162 e. The van der Waals surface area contributed by atoms with Gasteiger partial charge in [0.2, 0.25) is 0 Å². The zero-order valence-corrected chi connectivity index (χ0v) is 11.7. The van der Waals surface area contributed by atoms with Crippen molar-refractivity contribution in [3.63, 3.8) is 0 Å². The number of nitrogens with zero attached hydrogens (tertiary/aromatic N) is 1. The van der Waals surface area contributed by atoms with E-state index in [1.165, 1.54) is 12.1 Å². The molecule has 83 valence electrons. The van der Waals surface area contributed by atoms with Crippen LogP contribution in [0.2, 0.25) is 0 Å². The standard InChI is InChI=1S/C12H8NO3.Y/c14-13(15)10-6-8-12(9-7-10)16-11-4-2-1-3-5-11;/h1-6,8-9H;/q-1;. The van der Waals surface area contributed by atoms with E-state index in [1.54, 1.807) is 18.2 Å². The summed E-state index contributed by atoms with van der Waals surface area (Å²) >= 11 is 0. The first-order chi connectivity index (χ1) is 7.75. The summed E-state index contributed by atoms with van der Waals surface area (Å²) in [5.41, 5.74) is -0.0691. The molecular formula is C12H8NO3Y-. The van der Waals surface area contributed by atoms with Gasteiger partial charge >= 0.3 is 0 Å². The van der Waals surface area contributed by atoms with E-state index in [-0.39, 0.29) is 38.4 Å². The van der Waals surface area contributed by atoms with E-state index in [4.69, 9.17) is 4.74 Å². The van der Waals surface area contributed by atoms with Crippen LogP contribution in [0, 0.1) is 16.2 Å². The van der Waals surface area contributed by atoms with Gasteiger partial charge in [0, 0.05) is 43.4 Å². The summed E-state index contributed by atoms with van der Waals surface area (Å²) in [6.45, 7) is 0. The maximum absolute atomic E-state index is 10.4. The largest absolute Gasteiger partial charge is 0.517 e. The van der Waals surface area contributed by atoms with Crippen molar-refractivity contribution >= 4 is 5.69 Å². The molecule has 17 heavy (non-hydrogen) atoms. The van der Waals surface area contributed by atoms with Crippen molar-refractivity contribution in [1.29, 1.82) is 0 Å². The molecule has 0 saturated carbocycles. The third kappa shape index (κ3) is 3.91. The molecule has 0 aliphatic carbocycles. The van der Waals surface area contributed by atoms with Crippen LogP contribution in [0.25, 0.3) is 0 Å². The van der Waals surface area contributed by atoms with Gasteiger partial charge in [-0.3, -0.25) is 10.1 Å². The van der Waals surface area contributed by atoms with E-state index in [9.17, 15) is 10.1 Å². The summed E-state index contributed by atoms with van der Waals surface area (Å²) < 4.78 is 5.46. The molecule has 0 atom stereocenters. The molecule has 0 fully saturated rings. The van der Waals surface area contributed by atoms with Gasteiger partial charge in [0.05, 0.1) is 0 Å². The fraction of sp³-hybridized carbons (Fsp3) is 0. The molecule has 0 saturated heterocycles. The molecule has 0 N–H and O–H groups in total. The molecule has 2 rings (SSSR count). The first-order valence-electron chi connectivity index (χ1n) is 4.65. The van der Waals surface area contributed by atoms with Gasteiger partial charge in [0.15, 0.2) is 5.69 Å². The number of ether oxygens (including phenoxy) is 1. The molecule has 0 aliphatic heterocycles. The Kier molecular flexibility index (Phi) is 5.26. The minimum atomic E-state index is -0.494. The quantitative estimate of drug-likeness (QED) is 0.497. The second kappa shape index (κ2) is 6.47. The molecule has 0 spiro atoms. The fourth-order valence-electron chi connectivity index (χ4n) is 1.20. The molecule has 2 aromatic rings. The predicted molar refractivity (Wildman–Crippen MR) is 58.4 cm³/mol. The summed E-state index contributed by atoms with van der Waals surface area (Å²) in [6, 6.07) is 16.1. The number of nitro groups is 1. The average molecular weight is 303 g/mol. The fourth-order valence-corrected chi connectivity index (χ4v) is 1.20. The van der Waals surface area contributed by atoms with Gasteiger partial charge in [-0.1, -0.05) is 30.3 Å². The first kappa shape index (κ1) is 13.8. The monoisotopic (exact) mass is 303 g/mol. The van der Waals surface area contributed by atoms with Crippen LogP contribution in [0.4, 0.5) is 5.69 Å². The van der Waals surface area contributed by atoms with Crippen LogP contribution in [-0.4, -0.2) is 4.92 Å². The van der Waals surface area contributed by atoms with Crippen molar-refractivity contribution < 1.29 is 42.4 Å². The Hall–Kier alpha value is -1.26. The second-order valence-electron chi connectivity index (χ2n) is 3.08. The molecule has 5 heteroatoms. The Morgan fingerprint density at radius 1 is 1.06 bits per heavy atom. The Labute approximate surface area is 124 Å². The number of hydrogen-bond acceptors (Lipinski definition) is 3. The molecule has 0 amide bonds. The average Bonchev–Trinajstić information content (AvgIpc) is 2.31. The molecule has 0 bridgehead atoms. The van der Waals surface area contributed by atoms with Crippen LogP contribution in [0.1, 0.15) is 0 Å². The topological polar surface area (TPSA) is 52.4 Å². The number of nitro benzene ring substituents is 1. The van der Waals surface area contributed by atoms with E-state index in [0.717, 1.165) is 0 Å². The summed E-state index contributed by atoms with van der Waals surface area (Å²) in [5.74, 6) is 1.21. The molecular weight excluding hydrogens is 295 g/mol. The summed E-state index contributed by atoms with van der Waals surface area (Å²) in [6.07, 6.45) is 0. The SMILES string of the molecule is O=[N+]([O-])c1[c-]cc(Oc2ccccc2)cc1.[Y]. The van der Waals surface area contributed by atoms with Crippen molar-refractivity contribution in [2.24, 2.45) is 0 Å². The molecule has 0 aliphatic rings. The normalized spacial score (nSPS) is 9.18. The zero-order chi connectivity index (χ0) is 11.4. The van der Waals surface area contributed by atoms with Crippen molar-refractivity contribution in [3.05, 3.63) is 64.7 Å². The van der Waals surface area contributed by atoms with Crippen LogP contribution in [0.5, 0.6) is 11.5 Å². The van der Waals surface area contributed by atoms with E-state index in [2.05, 4.69) is 6.07 Å². The minimum Gasteiger partial charge on any atom is -0.517 e. The number of benzene rings is 2. The van der Waals surface area contributed by atoms with E-state index in [0.29, 0.717) is 11.5 Å². The molecule has 1 radical (unpaired) electrons. The number of rotatable bonds is 3. The summed E-state index contributed by atoms with van der Waals surface area (Å²) in [7, 11) is 0. The number of para-hydroxylation sites is 1. The molecule has 4 nitrogen and oxygen atoms in total. The van der Waals surface area contributed by atoms with Gasteiger partial charge in [-0.2, -0.15) is 0 Å². The third-order valence-corrected chi connectivity index (χ3v) is 1.94. The van der Waals surface area contributed by atoms with E-state index < -0.39 is 4.92 Å². The summed E-state index contributed by atoms with van der Waals surface area (Å²) in [5, 5.41) is 10.4. The summed E-state index contributed by atoms with van der Waals surface area (Å²) in [4.78, 5) is 9.91. The predicted octanol–water partition coefficient (Wildman–Crippen LogP) is 3.18. The van der Waals surface area contributed by atoms with Crippen LogP contribution < -0.4 is 4.74 Å². The van der Waals surface area contributed by atoms with E-state index in [1.807, 2.05) is 18.2 Å². The van der Waals surface area contributed by atoms with Gasteiger partial charge < -0.3 is 4.74 Å². The number of hydrogen-bond donors (Lipinski definition) is 0. The van der Waals surface area contributed by atoms with Gasteiger partial charge in [0.25, 0.3) is 0 Å². The minimum absolute atomic E-state index is 0. The Morgan fingerprint density at radius 3 is 2.29 bits per heavy atom. The molecule has 0 aromatic heterocycles. The van der Waals surface area contributed by atoms with Gasteiger partial charge in [-0.05, 0) is 12.1 Å². The number of non-ortho nitro benzene ring substituents is 1. The molecule has 0 unspecified atom stereocenters. The van der Waals surface area contributed by atoms with Gasteiger partial charge in [0.1, 0.15) is 5.75 Å². The Balaban J connectivity index is 0.00000144. The van der Waals surface area contributed by atoms with Crippen molar-refractivity contribution in [2.75, 3.05) is 0 Å². The zero-order valence-electron chi connectivity index (χ0n) is 8.87. The van der Waals surface area contributed by atoms with Crippen LogP contribution in [0.15, 0.2) is 48.5 Å². The third-order valence-electron chi connectivity index (χ3n) is 1.94.